The summed E-state index contributed by atoms with van der Waals surface area (Å²) in [6.07, 6.45) is 0. The van der Waals surface area contributed by atoms with Crippen molar-refractivity contribution in [3.63, 3.8) is 0 Å². The Hall–Kier alpha value is -1.60. The minimum absolute atomic E-state index is 0.0419. The van der Waals surface area contributed by atoms with E-state index < -0.39 is 0 Å². The van der Waals surface area contributed by atoms with E-state index in [4.69, 9.17) is 4.74 Å². The van der Waals surface area contributed by atoms with Crippen LogP contribution < -0.4 is 10.1 Å². The molecule has 0 spiro atoms. The van der Waals surface area contributed by atoms with Crippen molar-refractivity contribution >= 4 is 29.0 Å². The first kappa shape index (κ1) is 16.8. The van der Waals surface area contributed by atoms with Crippen LogP contribution in [0.15, 0.2) is 29.6 Å². The summed E-state index contributed by atoms with van der Waals surface area (Å²) < 4.78 is 18.3. The van der Waals surface area contributed by atoms with Crippen molar-refractivity contribution in [2.75, 3.05) is 18.9 Å². The molecule has 1 aromatic carbocycles. The lowest BCUT2D eigenvalue weighted by atomic mass is 10.3. The maximum Gasteiger partial charge on any atom is 0.230 e. The third-order valence-electron chi connectivity index (χ3n) is 2.64. The van der Waals surface area contributed by atoms with Gasteiger partial charge in [-0.05, 0) is 19.1 Å². The number of ether oxygens (including phenoxy) is 1. The molecule has 0 unspecified atom stereocenters. The lowest BCUT2D eigenvalue weighted by Gasteiger charge is -2.07. The lowest BCUT2D eigenvalue weighted by molar-refractivity contribution is -0.118. The number of nitrogens with zero attached hydrogens (tertiary/aromatic N) is 1. The van der Waals surface area contributed by atoms with E-state index in [1.165, 1.54) is 23.9 Å². The summed E-state index contributed by atoms with van der Waals surface area (Å²) in [6, 6.07) is 5.93. The van der Waals surface area contributed by atoms with Gasteiger partial charge in [-0.15, -0.1) is 23.1 Å². The van der Waals surface area contributed by atoms with Gasteiger partial charge in [-0.3, -0.25) is 4.79 Å². The van der Waals surface area contributed by atoms with Gasteiger partial charge < -0.3 is 10.1 Å². The number of benzene rings is 1. The Labute approximate surface area is 137 Å². The minimum Gasteiger partial charge on any atom is -0.492 e. The van der Waals surface area contributed by atoms with Crippen LogP contribution in [-0.4, -0.2) is 29.8 Å². The highest BCUT2D eigenvalue weighted by atomic mass is 32.2. The van der Waals surface area contributed by atoms with Crippen LogP contribution in [0.3, 0.4) is 0 Å². The van der Waals surface area contributed by atoms with Crippen LogP contribution in [0.25, 0.3) is 0 Å². The van der Waals surface area contributed by atoms with Gasteiger partial charge in [0.2, 0.25) is 5.91 Å². The molecule has 1 N–H and O–H groups in total. The minimum atomic E-state index is -0.338. The largest absolute Gasteiger partial charge is 0.492 e. The zero-order valence-electron chi connectivity index (χ0n) is 12.2. The summed E-state index contributed by atoms with van der Waals surface area (Å²) in [4.78, 5) is 16.0. The quantitative estimate of drug-likeness (QED) is 0.751. The summed E-state index contributed by atoms with van der Waals surface area (Å²) in [5.74, 6) is 1.20. The van der Waals surface area contributed by atoms with Crippen LogP contribution >= 0.6 is 23.1 Å². The number of thiazole rings is 1. The van der Waals surface area contributed by atoms with Gasteiger partial charge in [0, 0.05) is 17.2 Å². The second-order valence-corrected chi connectivity index (χ2v) is 6.55. The first-order valence-electron chi connectivity index (χ1n) is 6.77. The van der Waals surface area contributed by atoms with E-state index in [9.17, 15) is 9.18 Å². The molecule has 0 bridgehead atoms. The van der Waals surface area contributed by atoms with Crippen molar-refractivity contribution in [3.05, 3.63) is 46.2 Å². The maximum absolute atomic E-state index is 12.9. The number of aryl methyl sites for hydroxylation is 1. The second kappa shape index (κ2) is 8.75. The number of hydrogen-bond donors (Lipinski definition) is 1. The molecule has 1 aromatic heterocycles. The van der Waals surface area contributed by atoms with E-state index in [2.05, 4.69) is 10.3 Å². The number of thioether (sulfide) groups is 1. The summed E-state index contributed by atoms with van der Waals surface area (Å²) >= 11 is 3.14. The van der Waals surface area contributed by atoms with Crippen molar-refractivity contribution in [1.82, 2.24) is 10.3 Å². The third kappa shape index (κ3) is 6.03. The summed E-state index contributed by atoms with van der Waals surface area (Å²) in [7, 11) is 0. The zero-order chi connectivity index (χ0) is 15.8. The molecule has 7 heteroatoms. The normalized spacial score (nSPS) is 10.5. The molecule has 0 aliphatic heterocycles. The van der Waals surface area contributed by atoms with Gasteiger partial charge in [0.1, 0.15) is 18.2 Å². The van der Waals surface area contributed by atoms with E-state index in [0.29, 0.717) is 24.7 Å². The number of halogens is 1. The van der Waals surface area contributed by atoms with Gasteiger partial charge in [0.15, 0.2) is 0 Å². The van der Waals surface area contributed by atoms with Crippen molar-refractivity contribution < 1.29 is 13.9 Å². The summed E-state index contributed by atoms with van der Waals surface area (Å²) in [6.45, 7) is 2.67. The molecule has 118 valence electrons. The van der Waals surface area contributed by atoms with Gasteiger partial charge in [0.05, 0.1) is 23.0 Å². The Morgan fingerprint density at radius 2 is 2.36 bits per heavy atom. The zero-order valence-corrected chi connectivity index (χ0v) is 13.8. The fourth-order valence-electron chi connectivity index (χ4n) is 1.69. The van der Waals surface area contributed by atoms with Crippen LogP contribution in [0, 0.1) is 12.7 Å². The SMILES string of the molecule is Cc1nc(CSCC(=O)NCCOc2cccc(F)c2)cs1. The van der Waals surface area contributed by atoms with E-state index in [0.717, 1.165) is 16.5 Å². The first-order valence-corrected chi connectivity index (χ1v) is 8.81. The summed E-state index contributed by atoms with van der Waals surface area (Å²) in [5.41, 5.74) is 1.01. The second-order valence-electron chi connectivity index (χ2n) is 4.51. The predicted octanol–water partition coefficient (Wildman–Crippen LogP) is 3.02. The van der Waals surface area contributed by atoms with Gasteiger partial charge in [-0.1, -0.05) is 6.07 Å². The smallest absolute Gasteiger partial charge is 0.230 e. The lowest BCUT2D eigenvalue weighted by Crippen LogP contribution is -2.29. The average molecular weight is 340 g/mol. The number of amides is 1. The molecule has 4 nitrogen and oxygen atoms in total. The monoisotopic (exact) mass is 340 g/mol. The standard InChI is InChI=1S/C15H17FN2O2S2/c1-11-18-13(9-22-11)8-21-10-15(19)17-5-6-20-14-4-2-3-12(16)7-14/h2-4,7,9H,5-6,8,10H2,1H3,(H,17,19). The Morgan fingerprint density at radius 3 is 3.09 bits per heavy atom. The van der Waals surface area contributed by atoms with Crippen LogP contribution in [-0.2, 0) is 10.5 Å². The fourth-order valence-corrected chi connectivity index (χ4v) is 3.15. The molecule has 0 saturated heterocycles. The predicted molar refractivity (Wildman–Crippen MR) is 87.9 cm³/mol. The number of carbonyl (C=O) groups excluding carboxylic acids is 1. The van der Waals surface area contributed by atoms with Crippen molar-refractivity contribution in [2.24, 2.45) is 0 Å². The highest BCUT2D eigenvalue weighted by Crippen LogP contribution is 2.15. The molecular formula is C15H17FN2O2S2. The highest BCUT2D eigenvalue weighted by Gasteiger charge is 2.04. The molecule has 2 aromatic rings. The van der Waals surface area contributed by atoms with Crippen LogP contribution in [0.4, 0.5) is 4.39 Å². The number of aromatic nitrogens is 1. The Kier molecular flexibility index (Phi) is 6.67. The van der Waals surface area contributed by atoms with E-state index in [1.54, 1.807) is 23.5 Å². The van der Waals surface area contributed by atoms with Crippen LogP contribution in [0.5, 0.6) is 5.75 Å². The number of rotatable bonds is 8. The molecule has 22 heavy (non-hydrogen) atoms. The van der Waals surface area contributed by atoms with Gasteiger partial charge in [-0.2, -0.15) is 0 Å². The maximum atomic E-state index is 12.9. The van der Waals surface area contributed by atoms with E-state index in [-0.39, 0.29) is 11.7 Å². The Balaban J connectivity index is 1.56. The molecule has 0 saturated carbocycles. The fraction of sp³-hybridized carbons (Fsp3) is 0.333. The Bertz CT molecular complexity index is 619. The molecule has 0 radical (unpaired) electrons. The van der Waals surface area contributed by atoms with Gasteiger partial charge in [-0.25, -0.2) is 9.37 Å². The van der Waals surface area contributed by atoms with Crippen molar-refractivity contribution in [3.8, 4) is 5.75 Å². The molecule has 0 aliphatic carbocycles. The molecule has 0 aliphatic rings. The van der Waals surface area contributed by atoms with E-state index in [1.807, 2.05) is 12.3 Å². The number of nitrogens with one attached hydrogen (secondary N) is 1. The number of hydrogen-bond acceptors (Lipinski definition) is 5. The molecular weight excluding hydrogens is 323 g/mol. The van der Waals surface area contributed by atoms with E-state index >= 15 is 0 Å². The summed E-state index contributed by atoms with van der Waals surface area (Å²) in [5, 5.41) is 5.81. The number of carbonyl (C=O) groups is 1. The molecule has 1 amide bonds. The third-order valence-corrected chi connectivity index (χ3v) is 4.43. The highest BCUT2D eigenvalue weighted by molar-refractivity contribution is 7.99. The van der Waals surface area contributed by atoms with Crippen molar-refractivity contribution in [1.29, 1.82) is 0 Å². The van der Waals surface area contributed by atoms with Gasteiger partial charge >= 0.3 is 0 Å². The Morgan fingerprint density at radius 1 is 1.50 bits per heavy atom. The van der Waals surface area contributed by atoms with Crippen molar-refractivity contribution in [2.45, 2.75) is 12.7 Å². The van der Waals surface area contributed by atoms with Gasteiger partial charge in [0.25, 0.3) is 0 Å². The molecule has 2 rings (SSSR count). The molecule has 0 fully saturated rings. The topological polar surface area (TPSA) is 51.2 Å². The first-order chi connectivity index (χ1) is 10.6. The molecule has 1 heterocycles. The average Bonchev–Trinajstić information content (AvgIpc) is 2.89. The molecule has 0 atom stereocenters. The van der Waals surface area contributed by atoms with Crippen LogP contribution in [0.1, 0.15) is 10.7 Å². The van der Waals surface area contributed by atoms with Crippen LogP contribution in [0.2, 0.25) is 0 Å².